The van der Waals surface area contributed by atoms with Gasteiger partial charge in [0.1, 0.15) is 0 Å². The van der Waals surface area contributed by atoms with Crippen molar-refractivity contribution in [3.05, 3.63) is 60.9 Å². The van der Waals surface area contributed by atoms with Crippen molar-refractivity contribution in [2.24, 2.45) is 0 Å². The van der Waals surface area contributed by atoms with Crippen LogP contribution in [0, 0.1) is 0 Å². The van der Waals surface area contributed by atoms with Crippen molar-refractivity contribution in [1.29, 1.82) is 0 Å². The molecule has 0 amide bonds. The van der Waals surface area contributed by atoms with Crippen LogP contribution in [0.2, 0.25) is 0 Å². The summed E-state index contributed by atoms with van der Waals surface area (Å²) in [6.07, 6.45) is 4.70. The Labute approximate surface area is 143 Å². The van der Waals surface area contributed by atoms with Gasteiger partial charge in [0.25, 0.3) is 0 Å². The first-order valence-electron chi connectivity index (χ1n) is 8.24. The molecule has 1 aliphatic heterocycles. The predicted octanol–water partition coefficient (Wildman–Crippen LogP) is 3.77. The average molecular weight is 319 g/mol. The monoisotopic (exact) mass is 318 g/mol. The number of nitrogens with zero attached hydrogens (tertiary/aromatic N) is 2. The van der Waals surface area contributed by atoms with Crippen molar-refractivity contribution >= 4 is 0 Å². The Bertz CT molecular complexity index is 441. The fourth-order valence-electron chi connectivity index (χ4n) is 2.33. The van der Waals surface area contributed by atoms with Crippen molar-refractivity contribution in [3.63, 3.8) is 0 Å². The van der Waals surface area contributed by atoms with E-state index < -0.39 is 0 Å². The van der Waals surface area contributed by atoms with Crippen LogP contribution in [-0.2, 0) is 0 Å². The Morgan fingerprint density at radius 2 is 1.61 bits per heavy atom. The zero-order chi connectivity index (χ0) is 17.8. The molecule has 0 unspecified atom stereocenters. The van der Waals surface area contributed by atoms with Crippen molar-refractivity contribution in [3.8, 4) is 0 Å². The topological polar surface area (TPSA) is 26.7 Å². The van der Waals surface area contributed by atoms with Gasteiger partial charge in [-0.2, -0.15) is 0 Å². The maximum atomic E-state index is 8.89. The lowest BCUT2D eigenvalue weighted by Gasteiger charge is -2.38. The van der Waals surface area contributed by atoms with Gasteiger partial charge in [0.05, 0.1) is 0 Å². The molecular formula is C20H34N2O. The van der Waals surface area contributed by atoms with Gasteiger partial charge in [-0.3, -0.25) is 4.90 Å². The second-order valence-corrected chi connectivity index (χ2v) is 5.95. The summed E-state index contributed by atoms with van der Waals surface area (Å²) in [7, 11) is 0. The van der Waals surface area contributed by atoms with Crippen LogP contribution in [0.25, 0.3) is 0 Å². The molecule has 0 radical (unpaired) electrons. The third-order valence-corrected chi connectivity index (χ3v) is 3.55. The van der Waals surface area contributed by atoms with Gasteiger partial charge in [-0.05, 0) is 44.4 Å². The zero-order valence-corrected chi connectivity index (χ0v) is 15.3. The summed E-state index contributed by atoms with van der Waals surface area (Å²) >= 11 is 0. The van der Waals surface area contributed by atoms with Crippen LogP contribution in [0.3, 0.4) is 0 Å². The van der Waals surface area contributed by atoms with Gasteiger partial charge >= 0.3 is 0 Å². The number of hydrogen-bond donors (Lipinski definition) is 1. The van der Waals surface area contributed by atoms with Crippen LogP contribution < -0.4 is 0 Å². The number of allylic oxidation sites excluding steroid dienone is 4. The average Bonchev–Trinajstić information content (AvgIpc) is 2.51. The van der Waals surface area contributed by atoms with Gasteiger partial charge in [-0.1, -0.05) is 31.4 Å². The van der Waals surface area contributed by atoms with E-state index in [1.807, 2.05) is 20.8 Å². The molecule has 130 valence electrons. The Kier molecular flexibility index (Phi) is 11.1. The molecular weight excluding hydrogens is 284 g/mol. The van der Waals surface area contributed by atoms with Crippen molar-refractivity contribution in [1.82, 2.24) is 9.80 Å². The lowest BCUT2D eigenvalue weighted by Crippen LogP contribution is -2.46. The normalized spacial score (nSPS) is 15.5. The summed E-state index contributed by atoms with van der Waals surface area (Å²) < 4.78 is 0. The maximum Gasteiger partial charge on any atom is 0.0443 e. The van der Waals surface area contributed by atoms with Gasteiger partial charge in [-0.25, -0.2) is 0 Å². The highest BCUT2D eigenvalue weighted by Gasteiger charge is 2.20. The first kappa shape index (κ1) is 21.4. The smallest absolute Gasteiger partial charge is 0.0443 e. The third-order valence-electron chi connectivity index (χ3n) is 3.55. The van der Waals surface area contributed by atoms with E-state index >= 15 is 0 Å². The van der Waals surface area contributed by atoms with Crippen LogP contribution in [0.1, 0.15) is 27.2 Å². The summed E-state index contributed by atoms with van der Waals surface area (Å²) in [5, 5.41) is 8.89. The minimum atomic E-state index is 0.271. The van der Waals surface area contributed by atoms with Crippen LogP contribution in [-0.4, -0.2) is 54.2 Å². The lowest BCUT2D eigenvalue weighted by molar-refractivity contribution is 0.149. The number of rotatable bonds is 7. The van der Waals surface area contributed by atoms with Crippen molar-refractivity contribution in [2.75, 3.05) is 39.3 Å². The Morgan fingerprint density at radius 3 is 2.00 bits per heavy atom. The Hall–Kier alpha value is -1.58. The molecule has 3 heteroatoms. The van der Waals surface area contributed by atoms with Crippen molar-refractivity contribution in [2.45, 2.75) is 27.2 Å². The highest BCUT2D eigenvalue weighted by molar-refractivity contribution is 5.44. The van der Waals surface area contributed by atoms with Crippen molar-refractivity contribution < 1.29 is 5.11 Å². The van der Waals surface area contributed by atoms with Gasteiger partial charge in [0.2, 0.25) is 0 Å². The summed E-state index contributed by atoms with van der Waals surface area (Å²) in [6.45, 7) is 26.6. The lowest BCUT2D eigenvalue weighted by atomic mass is 10.0. The molecule has 0 aromatic heterocycles. The largest absolute Gasteiger partial charge is 0.396 e. The molecule has 0 aliphatic carbocycles. The highest BCUT2D eigenvalue weighted by Crippen LogP contribution is 2.22. The fraction of sp³-hybridized carbons (Fsp3) is 0.500. The number of piperazine rings is 1. The number of aliphatic hydroxyl groups excluding tert-OH is 1. The second-order valence-electron chi connectivity index (χ2n) is 5.95. The molecule has 23 heavy (non-hydrogen) atoms. The molecule has 0 atom stereocenters. The second kappa shape index (κ2) is 11.9. The SMILES string of the molecule is C=C(C)/C=C(\C(=C)C(=C)C)N1CCN(CCCO)CC1.C=CC. The molecule has 0 saturated carbocycles. The summed E-state index contributed by atoms with van der Waals surface area (Å²) in [5.74, 6) is 0. The van der Waals surface area contributed by atoms with E-state index in [0.717, 1.165) is 61.6 Å². The van der Waals surface area contributed by atoms with E-state index in [0.29, 0.717) is 0 Å². The van der Waals surface area contributed by atoms with Gasteiger partial charge in [-0.15, -0.1) is 6.58 Å². The molecule has 0 spiro atoms. The van der Waals surface area contributed by atoms with Gasteiger partial charge in [0.15, 0.2) is 0 Å². The first-order valence-corrected chi connectivity index (χ1v) is 8.24. The minimum Gasteiger partial charge on any atom is -0.396 e. The maximum absolute atomic E-state index is 8.89. The molecule has 3 nitrogen and oxygen atoms in total. The molecule has 1 saturated heterocycles. The molecule has 1 fully saturated rings. The van der Waals surface area contributed by atoms with Gasteiger partial charge in [0, 0.05) is 45.0 Å². The Morgan fingerprint density at radius 1 is 1.09 bits per heavy atom. The minimum absolute atomic E-state index is 0.271. The number of hydrogen-bond acceptors (Lipinski definition) is 3. The van der Waals surface area contributed by atoms with Crippen LogP contribution >= 0.6 is 0 Å². The van der Waals surface area contributed by atoms with E-state index in [-0.39, 0.29) is 6.61 Å². The van der Waals surface area contributed by atoms with E-state index in [9.17, 15) is 0 Å². The van der Waals surface area contributed by atoms with E-state index in [1.54, 1.807) is 6.08 Å². The van der Waals surface area contributed by atoms with E-state index in [4.69, 9.17) is 5.11 Å². The highest BCUT2D eigenvalue weighted by atomic mass is 16.3. The van der Waals surface area contributed by atoms with Crippen LogP contribution in [0.5, 0.6) is 0 Å². The Balaban J connectivity index is 0.00000149. The quantitative estimate of drug-likeness (QED) is 0.572. The van der Waals surface area contributed by atoms with Crippen LogP contribution in [0.15, 0.2) is 60.9 Å². The molecule has 0 aromatic carbocycles. The number of aliphatic hydroxyl groups is 1. The predicted molar refractivity (Wildman–Crippen MR) is 102 cm³/mol. The molecule has 0 bridgehead atoms. The summed E-state index contributed by atoms with van der Waals surface area (Å²) in [6, 6.07) is 0. The molecule has 1 aliphatic rings. The first-order chi connectivity index (χ1) is 10.9. The molecule has 1 heterocycles. The van der Waals surface area contributed by atoms with Gasteiger partial charge < -0.3 is 10.0 Å². The summed E-state index contributed by atoms with van der Waals surface area (Å²) in [4.78, 5) is 4.76. The molecule has 1 rings (SSSR count). The third kappa shape index (κ3) is 8.58. The summed E-state index contributed by atoms with van der Waals surface area (Å²) in [5.41, 5.74) is 4.17. The molecule has 1 N–H and O–H groups in total. The van der Waals surface area contributed by atoms with E-state index in [2.05, 4.69) is 42.2 Å². The van der Waals surface area contributed by atoms with E-state index in [1.165, 1.54) is 0 Å². The molecule has 0 aromatic rings. The standard InChI is InChI=1S/C17H28N2O.C3H6/c1-14(2)13-17(16(5)15(3)4)19-10-8-18(9-11-19)7-6-12-20;1-3-2/h13,20H,1,3,5-12H2,2,4H3;3H,1H2,2H3/b17-13+;. The van der Waals surface area contributed by atoms with Crippen LogP contribution in [0.4, 0.5) is 0 Å². The zero-order valence-electron chi connectivity index (χ0n) is 15.3. The fourth-order valence-corrected chi connectivity index (χ4v) is 2.33.